The van der Waals surface area contributed by atoms with Crippen LogP contribution in [-0.2, 0) is 11.2 Å². The molecule has 0 bridgehead atoms. The molecule has 5 aromatic rings. The predicted octanol–water partition coefficient (Wildman–Crippen LogP) is 4.90. The first-order chi connectivity index (χ1) is 17.0. The van der Waals surface area contributed by atoms with Crippen molar-refractivity contribution in [2.45, 2.75) is 32.8 Å². The van der Waals surface area contributed by atoms with E-state index in [0.717, 1.165) is 11.1 Å². The molecule has 0 aliphatic rings. The molecule has 9 nitrogen and oxygen atoms in total. The zero-order chi connectivity index (χ0) is 24.4. The molecule has 1 atom stereocenters. The van der Waals surface area contributed by atoms with E-state index in [4.69, 9.17) is 13.6 Å². The van der Waals surface area contributed by atoms with Gasteiger partial charge in [0.05, 0.1) is 5.69 Å². The van der Waals surface area contributed by atoms with E-state index in [1.54, 1.807) is 37.3 Å². The normalized spacial score (nSPS) is 12.1. The maximum absolute atomic E-state index is 12.4. The molecule has 0 saturated carbocycles. The number of ketones is 1. The van der Waals surface area contributed by atoms with Crippen LogP contribution in [0.3, 0.4) is 0 Å². The molecular weight excluding hydrogens is 448 g/mol. The van der Waals surface area contributed by atoms with E-state index >= 15 is 0 Å². The molecule has 1 N–H and O–H groups in total. The minimum atomic E-state index is -1.23. The minimum absolute atomic E-state index is 0.157. The summed E-state index contributed by atoms with van der Waals surface area (Å²) in [5.74, 6) is 1.36. The summed E-state index contributed by atoms with van der Waals surface area (Å²) in [5, 5.41) is 22.5. The van der Waals surface area contributed by atoms with Gasteiger partial charge in [0.1, 0.15) is 17.6 Å². The van der Waals surface area contributed by atoms with Crippen LogP contribution >= 0.6 is 0 Å². The molecule has 35 heavy (non-hydrogen) atoms. The Kier molecular flexibility index (Phi) is 6.07. The number of rotatable bonds is 8. The van der Waals surface area contributed by atoms with E-state index in [1.165, 1.54) is 0 Å². The third kappa shape index (κ3) is 4.67. The van der Waals surface area contributed by atoms with Crippen LogP contribution in [0.5, 0.6) is 0 Å². The summed E-state index contributed by atoms with van der Waals surface area (Å²) in [4.78, 5) is 16.8. The van der Waals surface area contributed by atoms with Crippen LogP contribution in [0.2, 0.25) is 0 Å². The van der Waals surface area contributed by atoms with E-state index in [1.807, 2.05) is 37.3 Å². The van der Waals surface area contributed by atoms with Crippen molar-refractivity contribution in [1.82, 2.24) is 20.5 Å². The van der Waals surface area contributed by atoms with Gasteiger partial charge in [0, 0.05) is 35.6 Å². The fourth-order valence-corrected chi connectivity index (χ4v) is 3.76. The molecule has 176 valence electrons. The van der Waals surface area contributed by atoms with Crippen molar-refractivity contribution in [3.8, 4) is 34.3 Å². The zero-order valence-electron chi connectivity index (χ0n) is 19.1. The lowest BCUT2D eigenvalue weighted by Crippen LogP contribution is -2.12. The molecule has 0 amide bonds. The second-order valence-electron chi connectivity index (χ2n) is 8.19. The summed E-state index contributed by atoms with van der Waals surface area (Å²) >= 11 is 0. The van der Waals surface area contributed by atoms with Gasteiger partial charge in [-0.2, -0.15) is 4.98 Å². The molecule has 0 radical (unpaired) electrons. The fourth-order valence-electron chi connectivity index (χ4n) is 3.76. The van der Waals surface area contributed by atoms with Crippen LogP contribution < -0.4 is 0 Å². The molecule has 0 spiro atoms. The first kappa shape index (κ1) is 22.4. The summed E-state index contributed by atoms with van der Waals surface area (Å²) in [6, 6.07) is 18.3. The van der Waals surface area contributed by atoms with Gasteiger partial charge >= 0.3 is 0 Å². The quantitative estimate of drug-likeness (QED) is 0.337. The molecule has 0 fully saturated rings. The number of aryl methyl sites for hydroxylation is 2. The van der Waals surface area contributed by atoms with Gasteiger partial charge in [-0.05, 0) is 19.4 Å². The Morgan fingerprint density at radius 2 is 1.69 bits per heavy atom. The third-order valence-electron chi connectivity index (χ3n) is 5.69. The standard InChI is InChI=1S/C26H22N4O5/c1-15-14-20(28-33-15)12-13-21(31)23(32)18-8-10-19(11-9-18)25-27-26(35-30-25)24-16(2)22(29-34-24)17-6-4-3-5-7-17/h3-11,14,23,32H,12-13H2,1-2H3. The maximum Gasteiger partial charge on any atom is 0.297 e. The van der Waals surface area contributed by atoms with Crippen molar-refractivity contribution in [3.63, 3.8) is 0 Å². The number of Topliss-reactive ketones (excluding diaryl/α,β-unsaturated/α-hetero) is 1. The Morgan fingerprint density at radius 3 is 2.40 bits per heavy atom. The van der Waals surface area contributed by atoms with E-state index in [-0.39, 0.29) is 18.1 Å². The summed E-state index contributed by atoms with van der Waals surface area (Å²) in [6.45, 7) is 3.67. The van der Waals surface area contributed by atoms with Crippen LogP contribution in [0, 0.1) is 13.8 Å². The highest BCUT2D eigenvalue weighted by atomic mass is 16.5. The van der Waals surface area contributed by atoms with Gasteiger partial charge in [-0.25, -0.2) is 0 Å². The highest BCUT2D eigenvalue weighted by Crippen LogP contribution is 2.31. The molecule has 3 heterocycles. The number of carbonyl (C=O) groups excluding carboxylic acids is 1. The van der Waals surface area contributed by atoms with E-state index < -0.39 is 6.10 Å². The number of hydrogen-bond acceptors (Lipinski definition) is 9. The fraction of sp³-hybridized carbons (Fsp3) is 0.192. The topological polar surface area (TPSA) is 128 Å². The SMILES string of the molecule is Cc1cc(CCC(=O)C(O)c2ccc(-c3noc(-c4onc(-c5ccccc5)c4C)n3)cc2)no1. The molecule has 3 aromatic heterocycles. The largest absolute Gasteiger partial charge is 0.381 e. The Morgan fingerprint density at radius 1 is 0.914 bits per heavy atom. The Labute approximate surface area is 200 Å². The van der Waals surface area contributed by atoms with Gasteiger partial charge in [0.25, 0.3) is 5.89 Å². The first-order valence-electron chi connectivity index (χ1n) is 11.1. The van der Waals surface area contributed by atoms with Gasteiger partial charge in [-0.15, -0.1) is 0 Å². The number of carbonyl (C=O) groups is 1. The van der Waals surface area contributed by atoms with E-state index in [2.05, 4.69) is 20.5 Å². The van der Waals surface area contributed by atoms with Crippen LogP contribution in [0.15, 0.2) is 74.2 Å². The zero-order valence-corrected chi connectivity index (χ0v) is 19.1. The second-order valence-corrected chi connectivity index (χ2v) is 8.19. The smallest absolute Gasteiger partial charge is 0.297 e. The molecule has 5 rings (SSSR count). The van der Waals surface area contributed by atoms with E-state index in [0.29, 0.717) is 46.3 Å². The summed E-state index contributed by atoms with van der Waals surface area (Å²) < 4.78 is 15.9. The summed E-state index contributed by atoms with van der Waals surface area (Å²) in [5.41, 5.74) is 4.27. The van der Waals surface area contributed by atoms with Gasteiger partial charge < -0.3 is 18.7 Å². The predicted molar refractivity (Wildman–Crippen MR) is 125 cm³/mol. The van der Waals surface area contributed by atoms with Gasteiger partial charge in [-0.1, -0.05) is 70.1 Å². The molecule has 0 aliphatic carbocycles. The maximum atomic E-state index is 12.4. The third-order valence-corrected chi connectivity index (χ3v) is 5.69. The van der Waals surface area contributed by atoms with Crippen LogP contribution in [-0.4, -0.2) is 31.3 Å². The summed E-state index contributed by atoms with van der Waals surface area (Å²) in [6.07, 6.45) is -0.666. The molecule has 2 aromatic carbocycles. The monoisotopic (exact) mass is 470 g/mol. The van der Waals surface area contributed by atoms with Crippen molar-refractivity contribution in [2.75, 3.05) is 0 Å². The second kappa shape index (κ2) is 9.47. The number of nitrogens with zero attached hydrogens (tertiary/aromatic N) is 4. The lowest BCUT2D eigenvalue weighted by atomic mass is 10.0. The van der Waals surface area contributed by atoms with Crippen molar-refractivity contribution in [2.24, 2.45) is 0 Å². The molecule has 0 saturated heterocycles. The Bertz CT molecular complexity index is 1450. The highest BCUT2D eigenvalue weighted by molar-refractivity contribution is 5.84. The van der Waals surface area contributed by atoms with Crippen LogP contribution in [0.25, 0.3) is 34.3 Å². The van der Waals surface area contributed by atoms with Crippen LogP contribution in [0.4, 0.5) is 0 Å². The Hall–Kier alpha value is -4.37. The first-order valence-corrected chi connectivity index (χ1v) is 11.1. The number of aliphatic hydroxyl groups excluding tert-OH is 1. The van der Waals surface area contributed by atoms with Gasteiger partial charge in [0.15, 0.2) is 5.78 Å². The average Bonchev–Trinajstić information content (AvgIpc) is 3.62. The highest BCUT2D eigenvalue weighted by Gasteiger charge is 2.22. The van der Waals surface area contributed by atoms with Gasteiger partial charge in [0.2, 0.25) is 11.6 Å². The van der Waals surface area contributed by atoms with Crippen molar-refractivity contribution in [3.05, 3.63) is 83.2 Å². The molecule has 0 aliphatic heterocycles. The van der Waals surface area contributed by atoms with Gasteiger partial charge in [-0.3, -0.25) is 4.79 Å². The van der Waals surface area contributed by atoms with Crippen molar-refractivity contribution >= 4 is 5.78 Å². The minimum Gasteiger partial charge on any atom is -0.381 e. The molecule has 9 heteroatoms. The number of aromatic nitrogens is 4. The van der Waals surface area contributed by atoms with Crippen molar-refractivity contribution < 1.29 is 23.5 Å². The van der Waals surface area contributed by atoms with Crippen LogP contribution in [0.1, 0.15) is 35.1 Å². The van der Waals surface area contributed by atoms with Crippen molar-refractivity contribution in [1.29, 1.82) is 0 Å². The number of hydrogen-bond donors (Lipinski definition) is 1. The lowest BCUT2D eigenvalue weighted by Gasteiger charge is -2.09. The Balaban J connectivity index is 1.28. The number of benzene rings is 2. The summed E-state index contributed by atoms with van der Waals surface area (Å²) in [7, 11) is 0. The molecule has 1 unspecified atom stereocenters. The number of aliphatic hydroxyl groups is 1. The lowest BCUT2D eigenvalue weighted by molar-refractivity contribution is -0.127. The van der Waals surface area contributed by atoms with E-state index in [9.17, 15) is 9.90 Å². The molecular formula is C26H22N4O5. The average molecular weight is 470 g/mol.